The van der Waals surface area contributed by atoms with Crippen LogP contribution in [0.5, 0.6) is 0 Å². The van der Waals surface area contributed by atoms with Crippen LogP contribution in [-0.2, 0) is 32.6 Å². The molecule has 3 heteroatoms. The molecule has 0 heterocycles. The van der Waals surface area contributed by atoms with Crippen LogP contribution in [-0.4, -0.2) is 0 Å². The molecule has 0 aromatic heterocycles. The van der Waals surface area contributed by atoms with Crippen LogP contribution < -0.4 is 0 Å². The average Bonchev–Trinajstić information content (AvgIpc) is 2.87. The van der Waals surface area contributed by atoms with E-state index in [2.05, 4.69) is 65.0 Å². The molecule has 0 aliphatic heterocycles. The molecule has 0 bridgehead atoms. The first-order valence-corrected chi connectivity index (χ1v) is 6.47. The van der Waals surface area contributed by atoms with E-state index in [1.165, 1.54) is 40.7 Å². The van der Waals surface area contributed by atoms with Crippen molar-refractivity contribution >= 4 is 24.8 Å². The molecule has 0 unspecified atom stereocenters. The van der Waals surface area contributed by atoms with Gasteiger partial charge in [-0.2, -0.15) is 46.0 Å². The normalized spacial score (nSPS) is 7.68. The van der Waals surface area contributed by atoms with Crippen molar-refractivity contribution in [3.63, 3.8) is 0 Å². The minimum Gasteiger partial charge on any atom is -0.358 e. The van der Waals surface area contributed by atoms with Gasteiger partial charge in [0.1, 0.15) is 0 Å². The Morgan fingerprint density at radius 2 is 1.41 bits per heavy atom. The second kappa shape index (κ2) is 17.5. The maximum Gasteiger partial charge on any atom is 4.00 e. The first kappa shape index (κ1) is 33.7. The van der Waals surface area contributed by atoms with Crippen molar-refractivity contribution in [2.45, 2.75) is 47.5 Å². The van der Waals surface area contributed by atoms with Gasteiger partial charge in [-0.1, -0.05) is 47.5 Å². The van der Waals surface area contributed by atoms with E-state index < -0.39 is 0 Å². The minimum absolute atomic E-state index is 0. The molecule has 0 saturated heterocycles. The molecule has 0 saturated carbocycles. The summed E-state index contributed by atoms with van der Waals surface area (Å²) in [4.78, 5) is 0. The third kappa shape index (κ3) is 10.8. The summed E-state index contributed by atoms with van der Waals surface area (Å²) in [5.41, 5.74) is 7.21. The summed E-state index contributed by atoms with van der Waals surface area (Å²) in [7, 11) is 0. The van der Waals surface area contributed by atoms with Gasteiger partial charge in [0.15, 0.2) is 0 Å². The molecule has 0 N–H and O–H groups in total. The number of hydrogen-bond donors (Lipinski definition) is 0. The standard InChI is InChI=1S/C9H13.C8H11.2CH3.2ClH.Zr/c1-6-5-7(2)9(4)8(6)3;1-2-5-8-6-3-4-7-8;;;;;/h5H,1-4H3;3-4,6-7H,2,5H2,1H3;2*1H3;2*1H;/q4*-1;;;+4. The molecule has 0 atom stereocenters. The van der Waals surface area contributed by atoms with Crippen LogP contribution in [0.4, 0.5) is 0 Å². The van der Waals surface area contributed by atoms with E-state index >= 15 is 0 Å². The fourth-order valence-electron chi connectivity index (χ4n) is 2.00. The molecular weight excluding hydrogens is 390 g/mol. The molecular formula is C19H32Cl2Zr. The van der Waals surface area contributed by atoms with Crippen molar-refractivity contribution in [1.82, 2.24) is 0 Å². The van der Waals surface area contributed by atoms with Crippen molar-refractivity contribution in [2.75, 3.05) is 0 Å². The van der Waals surface area contributed by atoms with E-state index in [0.29, 0.717) is 0 Å². The Hall–Kier alpha value is 0.163. The monoisotopic (exact) mass is 420 g/mol. The third-order valence-electron chi connectivity index (χ3n) is 3.45. The van der Waals surface area contributed by atoms with Crippen molar-refractivity contribution in [2.24, 2.45) is 0 Å². The number of hydrogen-bond acceptors (Lipinski definition) is 0. The average molecular weight is 423 g/mol. The van der Waals surface area contributed by atoms with Crippen LogP contribution in [0.1, 0.15) is 41.2 Å². The summed E-state index contributed by atoms with van der Waals surface area (Å²) in [5, 5.41) is 0. The molecule has 2 rings (SSSR count). The van der Waals surface area contributed by atoms with E-state index in [1.54, 1.807) is 0 Å². The van der Waals surface area contributed by atoms with Crippen molar-refractivity contribution < 1.29 is 26.2 Å². The van der Waals surface area contributed by atoms with Crippen molar-refractivity contribution in [1.29, 1.82) is 0 Å². The van der Waals surface area contributed by atoms with E-state index in [9.17, 15) is 0 Å². The van der Waals surface area contributed by atoms with Gasteiger partial charge < -0.3 is 14.9 Å². The molecule has 0 radical (unpaired) electrons. The summed E-state index contributed by atoms with van der Waals surface area (Å²) in [6.07, 6.45) is 2.48. The summed E-state index contributed by atoms with van der Waals surface area (Å²) < 4.78 is 0. The van der Waals surface area contributed by atoms with Gasteiger partial charge in [0.2, 0.25) is 0 Å². The Bertz CT molecular complexity index is 420. The Balaban J connectivity index is -0.0000000716. The first-order chi connectivity index (χ1) is 8.06. The Morgan fingerprint density at radius 1 is 0.955 bits per heavy atom. The molecule has 0 spiro atoms. The topological polar surface area (TPSA) is 0 Å². The largest absolute Gasteiger partial charge is 4.00 e. The van der Waals surface area contributed by atoms with Gasteiger partial charge in [-0.15, -0.1) is 24.8 Å². The first-order valence-electron chi connectivity index (χ1n) is 6.47. The zero-order valence-corrected chi connectivity index (χ0v) is 19.2. The molecule has 0 fully saturated rings. The fraction of sp³-hybridized carbons (Fsp3) is 0.368. The summed E-state index contributed by atoms with van der Waals surface area (Å²) in [5.74, 6) is 0. The van der Waals surface area contributed by atoms with Crippen LogP contribution in [0.2, 0.25) is 0 Å². The maximum absolute atomic E-state index is 2.24. The van der Waals surface area contributed by atoms with E-state index in [-0.39, 0.29) is 65.9 Å². The number of aryl methyl sites for hydroxylation is 3. The Kier molecular flexibility index (Phi) is 26.8. The number of halogens is 2. The molecule has 2 aromatic rings. The predicted octanol–water partition coefficient (Wildman–Crippen LogP) is 6.74. The van der Waals surface area contributed by atoms with Gasteiger partial charge in [0.05, 0.1) is 0 Å². The van der Waals surface area contributed by atoms with Crippen molar-refractivity contribution in [3.8, 4) is 0 Å². The summed E-state index contributed by atoms with van der Waals surface area (Å²) in [6.45, 7) is 10.9. The van der Waals surface area contributed by atoms with E-state index in [4.69, 9.17) is 0 Å². The third-order valence-corrected chi connectivity index (χ3v) is 3.45. The van der Waals surface area contributed by atoms with Crippen LogP contribution >= 0.6 is 24.8 Å². The van der Waals surface area contributed by atoms with E-state index in [0.717, 1.165) is 0 Å². The van der Waals surface area contributed by atoms with Crippen LogP contribution in [0.15, 0.2) is 30.3 Å². The number of rotatable bonds is 2. The second-order valence-electron chi connectivity index (χ2n) is 4.80. The van der Waals surface area contributed by atoms with Crippen molar-refractivity contribution in [3.05, 3.63) is 73.0 Å². The van der Waals surface area contributed by atoms with Gasteiger partial charge in [0.25, 0.3) is 0 Å². The van der Waals surface area contributed by atoms with Gasteiger partial charge in [-0.3, -0.25) is 0 Å². The summed E-state index contributed by atoms with van der Waals surface area (Å²) >= 11 is 0. The van der Waals surface area contributed by atoms with Crippen LogP contribution in [0.3, 0.4) is 0 Å². The van der Waals surface area contributed by atoms with Gasteiger partial charge in [-0.05, 0) is 0 Å². The van der Waals surface area contributed by atoms with Gasteiger partial charge in [0, 0.05) is 0 Å². The quantitative estimate of drug-likeness (QED) is 0.470. The molecule has 0 aliphatic carbocycles. The zero-order chi connectivity index (χ0) is 12.8. The van der Waals surface area contributed by atoms with Crippen LogP contribution in [0.25, 0.3) is 0 Å². The molecule has 2 aromatic carbocycles. The second-order valence-corrected chi connectivity index (χ2v) is 4.80. The molecule has 126 valence electrons. The van der Waals surface area contributed by atoms with Gasteiger partial charge in [-0.25, -0.2) is 12.1 Å². The maximum atomic E-state index is 2.24. The van der Waals surface area contributed by atoms with Crippen LogP contribution in [0, 0.1) is 42.5 Å². The minimum atomic E-state index is 0. The summed E-state index contributed by atoms with van der Waals surface area (Å²) in [6, 6.07) is 10.8. The van der Waals surface area contributed by atoms with Gasteiger partial charge >= 0.3 is 26.2 Å². The smallest absolute Gasteiger partial charge is 0.358 e. The zero-order valence-electron chi connectivity index (χ0n) is 15.1. The molecule has 0 nitrogen and oxygen atoms in total. The Morgan fingerprint density at radius 3 is 1.64 bits per heavy atom. The molecule has 0 aliphatic rings. The SMILES string of the molecule is CCC[c-]1cccc1.Cc1c[c-](C)c(C)c1C.Cl.Cl.[CH3-].[CH3-].[Zr+4]. The fourth-order valence-corrected chi connectivity index (χ4v) is 2.00. The molecule has 0 amide bonds. The Labute approximate surface area is 170 Å². The predicted molar refractivity (Wildman–Crippen MR) is 104 cm³/mol. The van der Waals surface area contributed by atoms with E-state index in [1.807, 2.05) is 0 Å². The molecule has 22 heavy (non-hydrogen) atoms.